The number of carboxylic acid groups (broad SMARTS) is 1. The number of aromatic nitrogens is 7. The van der Waals surface area contributed by atoms with Crippen LogP contribution in [0.3, 0.4) is 0 Å². The molecule has 1 fully saturated rings. The van der Waals surface area contributed by atoms with Crippen molar-refractivity contribution < 1.29 is 19.0 Å². The predicted molar refractivity (Wildman–Crippen MR) is 138 cm³/mol. The Kier molecular flexibility index (Phi) is 6.27. The van der Waals surface area contributed by atoms with Crippen molar-refractivity contribution in [3.63, 3.8) is 0 Å². The molecule has 3 aromatic heterocycles. The van der Waals surface area contributed by atoms with Gasteiger partial charge in [-0.05, 0) is 52.9 Å². The van der Waals surface area contributed by atoms with Gasteiger partial charge in [0.15, 0.2) is 12.0 Å². The smallest absolute Gasteiger partial charge is 0.306 e. The average molecular weight is 546 g/mol. The lowest BCUT2D eigenvalue weighted by molar-refractivity contribution is -0.615. The SMILES string of the molecule is O=C(O)[C@H]1C[C@@H]1CC(c1ccc(-c2c(-n3cnnn3)ccc(Cl)c2F)c[n+]1[O-])n1cc(-c2ccccc2)cn1. The van der Waals surface area contributed by atoms with Crippen molar-refractivity contribution in [1.82, 2.24) is 30.0 Å². The number of hydrogen-bond donors (Lipinski definition) is 1. The van der Waals surface area contributed by atoms with Crippen molar-refractivity contribution in [2.24, 2.45) is 11.8 Å². The van der Waals surface area contributed by atoms with Crippen molar-refractivity contribution in [3.8, 4) is 27.9 Å². The number of carbonyl (C=O) groups is 1. The van der Waals surface area contributed by atoms with Crippen LogP contribution in [0.1, 0.15) is 24.6 Å². The summed E-state index contributed by atoms with van der Waals surface area (Å²) >= 11 is 6.07. The Hall–Kier alpha value is -4.64. The molecule has 0 saturated heterocycles. The summed E-state index contributed by atoms with van der Waals surface area (Å²) in [5.74, 6) is -2.10. The van der Waals surface area contributed by atoms with Crippen LogP contribution in [0, 0.1) is 22.9 Å². The number of rotatable bonds is 8. The lowest BCUT2D eigenvalue weighted by Crippen LogP contribution is -2.35. The highest BCUT2D eigenvalue weighted by molar-refractivity contribution is 6.31. The maximum atomic E-state index is 15.3. The molecule has 39 heavy (non-hydrogen) atoms. The van der Waals surface area contributed by atoms with Gasteiger partial charge in [-0.15, -0.1) is 5.10 Å². The maximum Gasteiger partial charge on any atom is 0.306 e. The van der Waals surface area contributed by atoms with E-state index in [0.717, 1.165) is 11.1 Å². The average Bonchev–Trinajstić information content (AvgIpc) is 3.29. The fourth-order valence-corrected chi connectivity index (χ4v) is 5.08. The minimum absolute atomic E-state index is 0.0705. The van der Waals surface area contributed by atoms with Crippen LogP contribution in [0.4, 0.5) is 4.39 Å². The largest absolute Gasteiger partial charge is 0.618 e. The van der Waals surface area contributed by atoms with E-state index in [-0.39, 0.29) is 22.1 Å². The van der Waals surface area contributed by atoms with Crippen LogP contribution in [-0.2, 0) is 4.79 Å². The van der Waals surface area contributed by atoms with Crippen LogP contribution in [0.2, 0.25) is 5.02 Å². The fraction of sp³-hybridized carbons (Fsp3) is 0.185. The van der Waals surface area contributed by atoms with E-state index in [1.165, 1.54) is 23.3 Å². The first-order valence-electron chi connectivity index (χ1n) is 12.2. The number of pyridine rings is 1. The Morgan fingerprint density at radius 3 is 2.67 bits per heavy atom. The van der Waals surface area contributed by atoms with Crippen molar-refractivity contribution in [2.75, 3.05) is 0 Å². The highest BCUT2D eigenvalue weighted by atomic mass is 35.5. The maximum absolute atomic E-state index is 15.3. The standard InChI is InChI=1S/C27H21ClFN7O3/c28-21-7-9-23(35-15-30-32-33-35)25(26(21)29)17-6-8-22(36(39)14-17)24(11-18-10-20(18)27(37)38)34-13-19(12-31-34)16-4-2-1-3-5-16/h1-9,12-15,18,20,24H,10-11H2,(H,37,38)/t18-,20+,24?/m1/s1. The van der Waals surface area contributed by atoms with E-state index in [2.05, 4.69) is 20.6 Å². The molecule has 0 bridgehead atoms. The Morgan fingerprint density at radius 1 is 1.15 bits per heavy atom. The monoisotopic (exact) mass is 545 g/mol. The van der Waals surface area contributed by atoms with Gasteiger partial charge >= 0.3 is 5.97 Å². The van der Waals surface area contributed by atoms with Crippen LogP contribution < -0.4 is 4.73 Å². The Bertz CT molecular complexity index is 1660. The second-order valence-electron chi connectivity index (χ2n) is 9.45. The molecular weight excluding hydrogens is 525 g/mol. The van der Waals surface area contributed by atoms with Crippen molar-refractivity contribution in [3.05, 3.63) is 101 Å². The summed E-state index contributed by atoms with van der Waals surface area (Å²) in [4.78, 5) is 11.5. The molecule has 1 saturated carbocycles. The lowest BCUT2D eigenvalue weighted by atomic mass is 10.0. The number of aliphatic carboxylic acids is 1. The van der Waals surface area contributed by atoms with E-state index in [9.17, 15) is 15.1 Å². The van der Waals surface area contributed by atoms with Crippen molar-refractivity contribution in [1.29, 1.82) is 0 Å². The van der Waals surface area contributed by atoms with Gasteiger partial charge in [0.25, 0.3) is 0 Å². The predicted octanol–water partition coefficient (Wildman–Crippen LogP) is 4.32. The fourth-order valence-electron chi connectivity index (χ4n) is 4.93. The van der Waals surface area contributed by atoms with Gasteiger partial charge in [-0.25, -0.2) is 4.39 Å². The molecule has 2 aromatic carbocycles. The molecule has 1 aliphatic rings. The second-order valence-corrected chi connectivity index (χ2v) is 9.85. The van der Waals surface area contributed by atoms with Gasteiger partial charge in [0.05, 0.1) is 34.0 Å². The Labute approximate surface area is 226 Å². The summed E-state index contributed by atoms with van der Waals surface area (Å²) in [6.45, 7) is 0. The van der Waals surface area contributed by atoms with Gasteiger partial charge in [-0.3, -0.25) is 9.48 Å². The molecule has 5 aromatic rings. The van der Waals surface area contributed by atoms with Gasteiger partial charge in [0.1, 0.15) is 12.4 Å². The number of halogens is 2. The summed E-state index contributed by atoms with van der Waals surface area (Å²) in [7, 11) is 0. The van der Waals surface area contributed by atoms with E-state index in [1.807, 2.05) is 36.5 Å². The summed E-state index contributed by atoms with van der Waals surface area (Å²) in [6.07, 6.45) is 7.10. The molecule has 1 unspecified atom stereocenters. The number of nitrogens with zero attached hydrogens (tertiary/aromatic N) is 7. The van der Waals surface area contributed by atoms with Gasteiger partial charge in [0.2, 0.25) is 5.69 Å². The first kappa shape index (κ1) is 24.7. The van der Waals surface area contributed by atoms with Crippen LogP contribution in [0.25, 0.3) is 27.9 Å². The normalized spacial score (nSPS) is 17.2. The topological polar surface area (TPSA) is 126 Å². The summed E-state index contributed by atoms with van der Waals surface area (Å²) in [6, 6.07) is 15.4. The minimum Gasteiger partial charge on any atom is -0.618 e. The van der Waals surface area contributed by atoms with E-state index in [4.69, 9.17) is 11.6 Å². The molecule has 6 rings (SSSR count). The third-order valence-electron chi connectivity index (χ3n) is 7.04. The molecule has 3 atom stereocenters. The molecule has 0 amide bonds. The quantitative estimate of drug-likeness (QED) is 0.227. The van der Waals surface area contributed by atoms with Crippen LogP contribution >= 0.6 is 11.6 Å². The second kappa shape index (κ2) is 9.91. The summed E-state index contributed by atoms with van der Waals surface area (Å²) in [5.41, 5.74) is 2.85. The Balaban J connectivity index is 1.40. The molecule has 1 aliphatic carbocycles. The van der Waals surface area contributed by atoms with Gasteiger partial charge < -0.3 is 10.3 Å². The zero-order valence-electron chi connectivity index (χ0n) is 20.3. The number of hydrogen-bond acceptors (Lipinski definition) is 6. The number of tetrazole rings is 1. The molecule has 3 heterocycles. The summed E-state index contributed by atoms with van der Waals surface area (Å²) in [5, 5.41) is 38.4. The van der Waals surface area contributed by atoms with E-state index in [1.54, 1.807) is 29.1 Å². The number of benzene rings is 2. The molecule has 196 valence electrons. The van der Waals surface area contributed by atoms with Gasteiger partial charge in [-0.1, -0.05) is 41.9 Å². The van der Waals surface area contributed by atoms with E-state index < -0.39 is 23.7 Å². The van der Waals surface area contributed by atoms with Crippen LogP contribution in [0.15, 0.2) is 79.5 Å². The molecule has 1 N–H and O–H groups in total. The highest BCUT2D eigenvalue weighted by Gasteiger charge is 2.45. The van der Waals surface area contributed by atoms with Crippen LogP contribution in [0.5, 0.6) is 0 Å². The minimum atomic E-state index is -0.846. The molecular formula is C27H21ClFN7O3. The van der Waals surface area contributed by atoms with Crippen molar-refractivity contribution in [2.45, 2.75) is 18.9 Å². The zero-order valence-corrected chi connectivity index (χ0v) is 21.1. The molecule has 12 heteroatoms. The molecule has 0 radical (unpaired) electrons. The van der Waals surface area contributed by atoms with Crippen LogP contribution in [-0.4, -0.2) is 41.1 Å². The summed E-state index contributed by atoms with van der Waals surface area (Å²) < 4.78 is 18.9. The third kappa shape index (κ3) is 4.72. The third-order valence-corrected chi connectivity index (χ3v) is 7.33. The first-order valence-corrected chi connectivity index (χ1v) is 12.6. The first-order chi connectivity index (χ1) is 18.9. The highest BCUT2D eigenvalue weighted by Crippen LogP contribution is 2.45. The molecule has 0 aliphatic heterocycles. The molecule has 0 spiro atoms. The van der Waals surface area contributed by atoms with Gasteiger partial charge in [0, 0.05) is 17.8 Å². The zero-order chi connectivity index (χ0) is 27.1. The molecule has 10 nitrogen and oxygen atoms in total. The van der Waals surface area contributed by atoms with E-state index >= 15 is 4.39 Å². The number of carboxylic acids is 1. The lowest BCUT2D eigenvalue weighted by Gasteiger charge is -2.18. The van der Waals surface area contributed by atoms with Crippen molar-refractivity contribution >= 4 is 17.6 Å². The Morgan fingerprint density at radius 2 is 1.97 bits per heavy atom. The van der Waals surface area contributed by atoms with E-state index in [0.29, 0.717) is 29.0 Å². The van der Waals surface area contributed by atoms with Gasteiger partial charge in [-0.2, -0.15) is 14.5 Å².